The van der Waals surface area contributed by atoms with E-state index in [2.05, 4.69) is 26.2 Å². The van der Waals surface area contributed by atoms with Crippen molar-refractivity contribution >= 4 is 21.7 Å². The Bertz CT molecular complexity index is 321. The van der Waals surface area contributed by atoms with Gasteiger partial charge in [-0.25, -0.2) is 4.98 Å². The first kappa shape index (κ1) is 13.4. The highest BCUT2D eigenvalue weighted by atomic mass is 79.9. The highest BCUT2D eigenvalue weighted by Crippen LogP contribution is 2.22. The number of aliphatic hydroxyl groups is 1. The molecule has 4 nitrogen and oxygen atoms in total. The highest BCUT2D eigenvalue weighted by Gasteiger charge is 2.02. The molecule has 0 fully saturated rings. The molecule has 1 heterocycles. The van der Waals surface area contributed by atoms with Gasteiger partial charge in [0.15, 0.2) is 0 Å². The first-order chi connectivity index (χ1) is 7.75. The van der Waals surface area contributed by atoms with Gasteiger partial charge in [-0.1, -0.05) is 0 Å². The van der Waals surface area contributed by atoms with Gasteiger partial charge in [0.05, 0.1) is 17.7 Å². The summed E-state index contributed by atoms with van der Waals surface area (Å²) in [7, 11) is 0. The normalized spacial score (nSPS) is 10.4. The summed E-state index contributed by atoms with van der Waals surface area (Å²) in [5, 5.41) is 11.7. The Morgan fingerprint density at radius 2 is 2.31 bits per heavy atom. The number of anilines is 1. The van der Waals surface area contributed by atoms with Gasteiger partial charge in [0, 0.05) is 19.3 Å². The van der Waals surface area contributed by atoms with Crippen LogP contribution in [0, 0.1) is 6.92 Å². The van der Waals surface area contributed by atoms with E-state index in [-0.39, 0.29) is 6.61 Å². The minimum atomic E-state index is 0.0818. The Hall–Kier alpha value is -0.650. The molecule has 0 radical (unpaired) electrons. The summed E-state index contributed by atoms with van der Waals surface area (Å²) in [6.45, 7) is 3.98. The number of rotatable bonds is 7. The van der Waals surface area contributed by atoms with Crippen LogP contribution in [0.15, 0.2) is 16.7 Å². The largest absolute Gasteiger partial charge is 0.394 e. The molecule has 1 rings (SSSR count). The number of nitrogens with zero attached hydrogens (tertiary/aromatic N) is 1. The Balaban J connectivity index is 2.24. The fourth-order valence-corrected chi connectivity index (χ4v) is 1.59. The van der Waals surface area contributed by atoms with E-state index in [1.807, 2.05) is 13.0 Å². The molecular formula is C11H17BrN2O2. The van der Waals surface area contributed by atoms with E-state index in [4.69, 9.17) is 9.84 Å². The maximum Gasteiger partial charge on any atom is 0.140 e. The molecule has 0 saturated carbocycles. The molecular weight excluding hydrogens is 272 g/mol. The van der Waals surface area contributed by atoms with Crippen molar-refractivity contribution < 1.29 is 9.84 Å². The molecule has 0 aliphatic rings. The molecule has 0 spiro atoms. The minimum absolute atomic E-state index is 0.0818. The second kappa shape index (κ2) is 7.60. The topological polar surface area (TPSA) is 54.4 Å². The number of ether oxygens (including phenoxy) is 1. The van der Waals surface area contributed by atoms with Crippen LogP contribution >= 0.6 is 15.9 Å². The molecule has 0 amide bonds. The van der Waals surface area contributed by atoms with E-state index in [0.29, 0.717) is 13.2 Å². The molecule has 1 aromatic rings. The van der Waals surface area contributed by atoms with Gasteiger partial charge in [-0.3, -0.25) is 0 Å². The molecule has 2 N–H and O–H groups in total. The van der Waals surface area contributed by atoms with Crippen molar-refractivity contribution in [1.29, 1.82) is 0 Å². The van der Waals surface area contributed by atoms with Crippen molar-refractivity contribution in [3.05, 3.63) is 22.3 Å². The molecule has 0 atom stereocenters. The third-order valence-corrected chi connectivity index (χ3v) is 3.08. The van der Waals surface area contributed by atoms with Crippen LogP contribution in [0.25, 0.3) is 0 Å². The van der Waals surface area contributed by atoms with Gasteiger partial charge < -0.3 is 15.2 Å². The smallest absolute Gasteiger partial charge is 0.140 e. The van der Waals surface area contributed by atoms with Crippen molar-refractivity contribution in [3.63, 3.8) is 0 Å². The first-order valence-electron chi connectivity index (χ1n) is 5.29. The van der Waals surface area contributed by atoms with Crippen LogP contribution in [0.5, 0.6) is 0 Å². The van der Waals surface area contributed by atoms with Gasteiger partial charge in [-0.05, 0) is 40.9 Å². The number of aliphatic hydroxyl groups excluding tert-OH is 1. The van der Waals surface area contributed by atoms with Crippen LogP contribution < -0.4 is 5.32 Å². The van der Waals surface area contributed by atoms with Crippen molar-refractivity contribution in [1.82, 2.24) is 4.98 Å². The summed E-state index contributed by atoms with van der Waals surface area (Å²) in [6, 6.07) is 1.96. The zero-order valence-corrected chi connectivity index (χ0v) is 11.0. The van der Waals surface area contributed by atoms with Crippen molar-refractivity contribution in [3.8, 4) is 0 Å². The van der Waals surface area contributed by atoms with Gasteiger partial charge >= 0.3 is 0 Å². The van der Waals surface area contributed by atoms with E-state index in [1.165, 1.54) is 0 Å². The Labute approximate surface area is 104 Å². The number of hydrogen-bond donors (Lipinski definition) is 2. The van der Waals surface area contributed by atoms with E-state index >= 15 is 0 Å². The lowest BCUT2D eigenvalue weighted by Gasteiger charge is -2.08. The number of nitrogens with one attached hydrogen (secondary N) is 1. The average molecular weight is 289 g/mol. The highest BCUT2D eigenvalue weighted by molar-refractivity contribution is 9.10. The zero-order valence-electron chi connectivity index (χ0n) is 9.37. The quantitative estimate of drug-likeness (QED) is 0.753. The van der Waals surface area contributed by atoms with Crippen molar-refractivity contribution in [2.24, 2.45) is 0 Å². The zero-order chi connectivity index (χ0) is 11.8. The van der Waals surface area contributed by atoms with Crippen LogP contribution in [-0.2, 0) is 4.74 Å². The second-order valence-electron chi connectivity index (χ2n) is 3.41. The third-order valence-electron chi connectivity index (χ3n) is 2.08. The lowest BCUT2D eigenvalue weighted by atomic mass is 10.3. The molecule has 1 aromatic heterocycles. The van der Waals surface area contributed by atoms with Crippen LogP contribution in [0.2, 0.25) is 0 Å². The third kappa shape index (κ3) is 4.47. The van der Waals surface area contributed by atoms with Gasteiger partial charge in [0.2, 0.25) is 0 Å². The van der Waals surface area contributed by atoms with Crippen LogP contribution in [-0.4, -0.2) is 36.5 Å². The molecule has 0 unspecified atom stereocenters. The number of halogens is 1. The van der Waals surface area contributed by atoms with E-state index < -0.39 is 0 Å². The fourth-order valence-electron chi connectivity index (χ4n) is 1.21. The first-order valence-corrected chi connectivity index (χ1v) is 6.08. The number of pyridine rings is 1. The maximum atomic E-state index is 8.51. The number of aromatic nitrogens is 1. The summed E-state index contributed by atoms with van der Waals surface area (Å²) >= 11 is 3.48. The van der Waals surface area contributed by atoms with E-state index in [9.17, 15) is 0 Å². The van der Waals surface area contributed by atoms with Crippen molar-refractivity contribution in [2.45, 2.75) is 13.3 Å². The van der Waals surface area contributed by atoms with Crippen LogP contribution in [0.1, 0.15) is 12.0 Å². The average Bonchev–Trinajstić information content (AvgIpc) is 2.29. The van der Waals surface area contributed by atoms with E-state index in [1.54, 1.807) is 6.20 Å². The predicted molar refractivity (Wildman–Crippen MR) is 67.7 cm³/mol. The fraction of sp³-hybridized carbons (Fsp3) is 0.545. The Morgan fingerprint density at radius 1 is 1.50 bits per heavy atom. The summed E-state index contributed by atoms with van der Waals surface area (Å²) in [5.74, 6) is 0.863. The molecule has 0 bridgehead atoms. The SMILES string of the molecule is Cc1ccnc(NCCCOCCO)c1Br. The lowest BCUT2D eigenvalue weighted by molar-refractivity contribution is 0.0922. The predicted octanol–water partition coefficient (Wildman–Crippen LogP) is 1.96. The van der Waals surface area contributed by atoms with Gasteiger partial charge in [-0.15, -0.1) is 0 Å². The monoisotopic (exact) mass is 288 g/mol. The second-order valence-corrected chi connectivity index (χ2v) is 4.20. The standard InChI is InChI=1S/C11H17BrN2O2/c1-9-3-5-14-11(10(9)12)13-4-2-7-16-8-6-15/h3,5,15H,2,4,6-8H2,1H3,(H,13,14). The maximum absolute atomic E-state index is 8.51. The molecule has 0 aromatic carbocycles. The molecule has 5 heteroatoms. The summed E-state index contributed by atoms with van der Waals surface area (Å²) in [5.41, 5.74) is 1.16. The van der Waals surface area contributed by atoms with Crippen LogP contribution in [0.4, 0.5) is 5.82 Å². The summed E-state index contributed by atoms with van der Waals surface area (Å²) in [6.07, 6.45) is 2.67. The van der Waals surface area contributed by atoms with Gasteiger partial charge in [0.1, 0.15) is 5.82 Å². The molecule has 0 aliphatic carbocycles. The lowest BCUT2D eigenvalue weighted by Crippen LogP contribution is -2.09. The molecule has 0 saturated heterocycles. The van der Waals surface area contributed by atoms with E-state index in [0.717, 1.165) is 28.8 Å². The number of hydrogen-bond acceptors (Lipinski definition) is 4. The molecule has 16 heavy (non-hydrogen) atoms. The van der Waals surface area contributed by atoms with Gasteiger partial charge in [0.25, 0.3) is 0 Å². The van der Waals surface area contributed by atoms with Crippen molar-refractivity contribution in [2.75, 3.05) is 31.7 Å². The number of aryl methyl sites for hydroxylation is 1. The Kier molecular flexibility index (Phi) is 6.37. The minimum Gasteiger partial charge on any atom is -0.394 e. The summed E-state index contributed by atoms with van der Waals surface area (Å²) < 4.78 is 6.16. The molecule has 0 aliphatic heterocycles. The Morgan fingerprint density at radius 3 is 3.06 bits per heavy atom. The van der Waals surface area contributed by atoms with Crippen LogP contribution in [0.3, 0.4) is 0 Å². The molecule has 90 valence electrons. The summed E-state index contributed by atoms with van der Waals surface area (Å²) in [4.78, 5) is 4.23. The van der Waals surface area contributed by atoms with Gasteiger partial charge in [-0.2, -0.15) is 0 Å².